The van der Waals surface area contributed by atoms with E-state index < -0.39 is 11.9 Å². The van der Waals surface area contributed by atoms with Gasteiger partial charge in [0.2, 0.25) is 12.3 Å². The maximum atomic E-state index is 15.5. The molecule has 2 aliphatic rings. The van der Waals surface area contributed by atoms with Crippen molar-refractivity contribution in [2.24, 2.45) is 0 Å². The standard InChI is InChI=1S/C27H26FN3O4/c1-29(2)27(34)24-13-21-23(35-24)10-9-20(25(21)28)19-8-5-11-30(15-19)26(33)22-12-17-6-3-4-7-18(17)14-31(22)16-32/h3-4,6-10,13,16,22H,5,11-12,14-15H2,1-2H3/t22-/m0/s1. The van der Waals surface area contributed by atoms with Gasteiger partial charge in [-0.25, -0.2) is 4.39 Å². The molecule has 0 saturated heterocycles. The molecule has 35 heavy (non-hydrogen) atoms. The maximum absolute atomic E-state index is 15.5. The van der Waals surface area contributed by atoms with E-state index in [2.05, 4.69) is 0 Å². The van der Waals surface area contributed by atoms with E-state index in [1.807, 2.05) is 30.3 Å². The molecule has 7 nitrogen and oxygen atoms in total. The van der Waals surface area contributed by atoms with Crippen molar-refractivity contribution in [1.29, 1.82) is 0 Å². The fourth-order valence-electron chi connectivity index (χ4n) is 4.87. The van der Waals surface area contributed by atoms with Gasteiger partial charge in [-0.05, 0) is 35.3 Å². The van der Waals surface area contributed by atoms with Crippen LogP contribution in [0.3, 0.4) is 0 Å². The second kappa shape index (κ2) is 9.02. The van der Waals surface area contributed by atoms with E-state index in [0.717, 1.165) is 17.5 Å². The van der Waals surface area contributed by atoms with Crippen molar-refractivity contribution in [2.45, 2.75) is 25.4 Å². The summed E-state index contributed by atoms with van der Waals surface area (Å²) in [4.78, 5) is 42.1. The average Bonchev–Trinajstić information content (AvgIpc) is 3.32. The topological polar surface area (TPSA) is 74.1 Å². The van der Waals surface area contributed by atoms with Crippen LogP contribution in [0, 0.1) is 5.82 Å². The van der Waals surface area contributed by atoms with Gasteiger partial charge in [0.15, 0.2) is 5.76 Å². The van der Waals surface area contributed by atoms with Crippen LogP contribution < -0.4 is 0 Å². The summed E-state index contributed by atoms with van der Waals surface area (Å²) in [6.07, 6.45) is 3.71. The maximum Gasteiger partial charge on any atom is 0.289 e. The third-order valence-corrected chi connectivity index (χ3v) is 6.77. The van der Waals surface area contributed by atoms with Gasteiger partial charge in [-0.15, -0.1) is 0 Å². The smallest absolute Gasteiger partial charge is 0.289 e. The van der Waals surface area contributed by atoms with Crippen molar-refractivity contribution >= 4 is 34.8 Å². The molecular formula is C27H26FN3O4. The first-order valence-electron chi connectivity index (χ1n) is 11.6. The molecule has 0 spiro atoms. The van der Waals surface area contributed by atoms with Gasteiger partial charge in [0.05, 0.1) is 5.39 Å². The summed E-state index contributed by atoms with van der Waals surface area (Å²) in [5.74, 6) is -0.891. The van der Waals surface area contributed by atoms with E-state index in [0.29, 0.717) is 42.7 Å². The Hall–Kier alpha value is -3.94. The third-order valence-electron chi connectivity index (χ3n) is 6.77. The fraction of sp³-hybridized carbons (Fsp3) is 0.296. The van der Waals surface area contributed by atoms with Gasteiger partial charge in [0.25, 0.3) is 5.91 Å². The zero-order chi connectivity index (χ0) is 24.7. The zero-order valence-corrected chi connectivity index (χ0v) is 19.7. The van der Waals surface area contributed by atoms with Crippen molar-refractivity contribution in [3.8, 4) is 0 Å². The van der Waals surface area contributed by atoms with Crippen molar-refractivity contribution in [2.75, 3.05) is 27.2 Å². The highest BCUT2D eigenvalue weighted by atomic mass is 19.1. The van der Waals surface area contributed by atoms with Gasteiger partial charge in [0, 0.05) is 51.8 Å². The first-order valence-corrected chi connectivity index (χ1v) is 11.6. The van der Waals surface area contributed by atoms with Crippen LogP contribution in [0.4, 0.5) is 4.39 Å². The lowest BCUT2D eigenvalue weighted by molar-refractivity contribution is -0.141. The zero-order valence-electron chi connectivity index (χ0n) is 19.7. The molecule has 2 aliphatic heterocycles. The molecule has 1 aromatic heterocycles. The minimum atomic E-state index is -0.581. The first-order chi connectivity index (χ1) is 16.9. The number of hydrogen-bond donors (Lipinski definition) is 0. The van der Waals surface area contributed by atoms with Gasteiger partial charge < -0.3 is 19.1 Å². The normalized spacial score (nSPS) is 17.7. The lowest BCUT2D eigenvalue weighted by Crippen LogP contribution is -2.52. The van der Waals surface area contributed by atoms with Crippen LogP contribution in [0.15, 0.2) is 53.0 Å². The Bertz CT molecular complexity index is 1360. The molecule has 3 amide bonds. The van der Waals surface area contributed by atoms with Crippen molar-refractivity contribution in [3.05, 3.63) is 76.8 Å². The van der Waals surface area contributed by atoms with E-state index in [4.69, 9.17) is 4.42 Å². The molecule has 0 bridgehead atoms. The van der Waals surface area contributed by atoms with Crippen LogP contribution in [0.1, 0.15) is 33.7 Å². The summed E-state index contributed by atoms with van der Waals surface area (Å²) in [6.45, 7) is 1.14. The summed E-state index contributed by atoms with van der Waals surface area (Å²) in [6, 6.07) is 11.9. The quantitative estimate of drug-likeness (QED) is 0.542. The Kier molecular flexibility index (Phi) is 5.88. The van der Waals surface area contributed by atoms with Crippen molar-refractivity contribution in [3.63, 3.8) is 0 Å². The fourth-order valence-corrected chi connectivity index (χ4v) is 4.87. The molecule has 0 N–H and O–H groups in total. The molecule has 180 valence electrons. The van der Waals surface area contributed by atoms with Crippen LogP contribution in [0.25, 0.3) is 16.5 Å². The van der Waals surface area contributed by atoms with E-state index in [9.17, 15) is 14.4 Å². The predicted octanol–water partition coefficient (Wildman–Crippen LogP) is 3.47. The highest BCUT2D eigenvalue weighted by molar-refractivity contribution is 5.97. The van der Waals surface area contributed by atoms with Crippen LogP contribution in [0.5, 0.6) is 0 Å². The van der Waals surface area contributed by atoms with Gasteiger partial charge >= 0.3 is 0 Å². The summed E-state index contributed by atoms with van der Waals surface area (Å²) < 4.78 is 21.1. The van der Waals surface area contributed by atoms with Crippen molar-refractivity contribution in [1.82, 2.24) is 14.7 Å². The average molecular weight is 476 g/mol. The van der Waals surface area contributed by atoms with E-state index in [1.54, 1.807) is 36.0 Å². The molecule has 0 unspecified atom stereocenters. The third kappa shape index (κ3) is 4.09. The van der Waals surface area contributed by atoms with Gasteiger partial charge in [0.1, 0.15) is 17.4 Å². The molecule has 2 aromatic carbocycles. The van der Waals surface area contributed by atoms with Crippen molar-refractivity contribution < 1.29 is 23.2 Å². The minimum absolute atomic E-state index is 0.0713. The number of halogens is 1. The van der Waals surface area contributed by atoms with E-state index >= 15 is 4.39 Å². The van der Waals surface area contributed by atoms with Crippen LogP contribution >= 0.6 is 0 Å². The van der Waals surface area contributed by atoms with E-state index in [1.165, 1.54) is 11.0 Å². The Balaban J connectivity index is 1.39. The number of nitrogens with zero attached hydrogens (tertiary/aromatic N) is 3. The molecule has 3 heterocycles. The molecule has 5 rings (SSSR count). The monoisotopic (exact) mass is 475 g/mol. The SMILES string of the molecule is CN(C)C(=O)c1cc2c(F)c(C3=CCCN(C(=O)[C@@H]4Cc5ccccc5CN4C=O)C3)ccc2o1. The number of carbonyl (C=O) groups is 3. The molecule has 1 atom stereocenters. The Morgan fingerprint density at radius 1 is 1.11 bits per heavy atom. The van der Waals surface area contributed by atoms with E-state index in [-0.39, 0.29) is 29.5 Å². The molecule has 3 aromatic rings. The highest BCUT2D eigenvalue weighted by Crippen LogP contribution is 2.32. The molecule has 0 aliphatic carbocycles. The highest BCUT2D eigenvalue weighted by Gasteiger charge is 2.34. The number of amides is 3. The first kappa shape index (κ1) is 22.8. The summed E-state index contributed by atoms with van der Waals surface area (Å²) in [7, 11) is 3.21. The number of fused-ring (bicyclic) bond motifs is 2. The molecule has 0 saturated carbocycles. The van der Waals surface area contributed by atoms with Crippen LogP contribution in [-0.2, 0) is 22.6 Å². The lowest BCUT2D eigenvalue weighted by Gasteiger charge is -2.37. The van der Waals surface area contributed by atoms with Gasteiger partial charge in [-0.1, -0.05) is 30.3 Å². The summed E-state index contributed by atoms with van der Waals surface area (Å²) in [5.41, 5.74) is 3.48. The Labute approximate surface area is 202 Å². The summed E-state index contributed by atoms with van der Waals surface area (Å²) >= 11 is 0. The number of rotatable bonds is 4. The van der Waals surface area contributed by atoms with Gasteiger partial charge in [-0.2, -0.15) is 0 Å². The van der Waals surface area contributed by atoms with Crippen LogP contribution in [0.2, 0.25) is 0 Å². The molecular weight excluding hydrogens is 449 g/mol. The molecule has 0 radical (unpaired) electrons. The molecule has 8 heteroatoms. The second-order valence-electron chi connectivity index (χ2n) is 9.19. The minimum Gasteiger partial charge on any atom is -0.451 e. The number of hydrogen-bond acceptors (Lipinski definition) is 4. The second-order valence-corrected chi connectivity index (χ2v) is 9.19. The Morgan fingerprint density at radius 3 is 2.63 bits per heavy atom. The summed E-state index contributed by atoms with van der Waals surface area (Å²) in [5, 5.41) is 0.230. The molecule has 0 fully saturated rings. The number of benzene rings is 2. The number of furan rings is 1. The van der Waals surface area contributed by atoms with Crippen LogP contribution in [-0.4, -0.2) is 66.2 Å². The number of carbonyl (C=O) groups excluding carboxylic acids is 3. The predicted molar refractivity (Wildman–Crippen MR) is 129 cm³/mol. The largest absolute Gasteiger partial charge is 0.451 e. The Morgan fingerprint density at radius 2 is 1.89 bits per heavy atom. The lowest BCUT2D eigenvalue weighted by atomic mass is 9.92. The van der Waals surface area contributed by atoms with Gasteiger partial charge in [-0.3, -0.25) is 14.4 Å².